The highest BCUT2D eigenvalue weighted by atomic mass is 19.1. The molecule has 3 aromatic rings. The smallest absolute Gasteiger partial charge is 0.190 e. The zero-order valence-corrected chi connectivity index (χ0v) is 19.1. The van der Waals surface area contributed by atoms with E-state index >= 15 is 0 Å². The fraction of sp³-hybridized carbons (Fsp3) is 0.357. The third kappa shape index (κ3) is 5.44. The van der Waals surface area contributed by atoms with E-state index in [1.165, 1.54) is 25.0 Å². The quantitative estimate of drug-likeness (QED) is 0.309. The van der Waals surface area contributed by atoms with Gasteiger partial charge in [-0.1, -0.05) is 49.7 Å². The Hall–Kier alpha value is -2.86. The Morgan fingerprint density at radius 2 is 1.53 bits per heavy atom. The monoisotopic (exact) mass is 472 g/mol. The van der Waals surface area contributed by atoms with Crippen LogP contribution in [0.2, 0.25) is 0 Å². The first-order chi connectivity index (χ1) is 16.5. The summed E-state index contributed by atoms with van der Waals surface area (Å²) < 4.78 is 66.4. The van der Waals surface area contributed by atoms with Crippen LogP contribution in [0.3, 0.4) is 0 Å². The summed E-state index contributed by atoms with van der Waals surface area (Å²) in [6.45, 7) is 1.65. The number of hydrogen-bond donors (Lipinski definition) is 0. The Morgan fingerprint density at radius 3 is 2.12 bits per heavy atom. The average Bonchev–Trinajstić information content (AvgIpc) is 2.84. The van der Waals surface area contributed by atoms with Crippen LogP contribution in [0.4, 0.5) is 17.6 Å². The summed E-state index contributed by atoms with van der Waals surface area (Å²) in [5, 5.41) is 0. The molecule has 0 aliphatic carbocycles. The lowest BCUT2D eigenvalue weighted by atomic mass is 9.91. The zero-order chi connectivity index (χ0) is 24.1. The number of benzene rings is 3. The van der Waals surface area contributed by atoms with E-state index in [1.807, 2.05) is 24.3 Å². The van der Waals surface area contributed by atoms with Crippen molar-refractivity contribution in [2.75, 3.05) is 19.9 Å². The second-order valence-electron chi connectivity index (χ2n) is 8.68. The lowest BCUT2D eigenvalue weighted by molar-refractivity contribution is -0.0194. The van der Waals surface area contributed by atoms with Crippen LogP contribution in [-0.4, -0.2) is 19.9 Å². The van der Waals surface area contributed by atoms with Gasteiger partial charge in [-0.15, -0.1) is 0 Å². The van der Waals surface area contributed by atoms with Gasteiger partial charge in [-0.05, 0) is 65.6 Å². The molecule has 1 aliphatic heterocycles. The van der Waals surface area contributed by atoms with Gasteiger partial charge in [0.15, 0.2) is 17.4 Å². The molecule has 180 valence electrons. The van der Waals surface area contributed by atoms with Crippen LogP contribution >= 0.6 is 0 Å². The van der Waals surface area contributed by atoms with Crippen molar-refractivity contribution in [3.05, 3.63) is 77.6 Å². The van der Waals surface area contributed by atoms with Crippen molar-refractivity contribution in [1.82, 2.24) is 0 Å². The predicted octanol–water partition coefficient (Wildman–Crippen LogP) is 8.05. The van der Waals surface area contributed by atoms with Gasteiger partial charge in [0, 0.05) is 5.56 Å². The molecule has 3 aromatic carbocycles. The molecule has 0 amide bonds. The van der Waals surface area contributed by atoms with E-state index < -0.39 is 36.5 Å². The third-order valence-corrected chi connectivity index (χ3v) is 6.28. The molecular weight excluding hydrogens is 444 g/mol. The maximum absolute atomic E-state index is 14.9. The van der Waals surface area contributed by atoms with Gasteiger partial charge < -0.3 is 9.47 Å². The van der Waals surface area contributed by atoms with Crippen LogP contribution in [0.15, 0.2) is 54.6 Å². The molecule has 1 heterocycles. The van der Waals surface area contributed by atoms with Crippen LogP contribution in [0, 0.1) is 23.4 Å². The summed E-state index contributed by atoms with van der Waals surface area (Å²) in [6.07, 6.45) is 4.62. The fourth-order valence-corrected chi connectivity index (χ4v) is 4.52. The predicted molar refractivity (Wildman–Crippen MR) is 125 cm³/mol. The highest BCUT2D eigenvalue weighted by molar-refractivity contribution is 5.71. The summed E-state index contributed by atoms with van der Waals surface area (Å²) in [5.74, 6) is -2.64. The third-order valence-electron chi connectivity index (χ3n) is 6.28. The first-order valence-electron chi connectivity index (χ1n) is 11.7. The summed E-state index contributed by atoms with van der Waals surface area (Å²) in [5.41, 5.74) is 2.70. The zero-order valence-electron chi connectivity index (χ0n) is 19.1. The Morgan fingerprint density at radius 1 is 0.853 bits per heavy atom. The van der Waals surface area contributed by atoms with E-state index in [1.54, 1.807) is 6.07 Å². The van der Waals surface area contributed by atoms with E-state index in [2.05, 4.69) is 6.92 Å². The summed E-state index contributed by atoms with van der Waals surface area (Å²) in [7, 11) is 0. The first-order valence-corrected chi connectivity index (χ1v) is 11.7. The standard InChI is InChI=1S/C28H28F4O2/c1-2-3-18-4-11-27(34-17-18)20-7-5-19(6-8-20)21-9-10-23(24(30)14-21)22-15-25(31)28(26(32)16-22)33-13-12-29/h5-10,14-16,18,27H,2-4,11-13,17H2,1H3. The van der Waals surface area contributed by atoms with Crippen LogP contribution < -0.4 is 4.74 Å². The van der Waals surface area contributed by atoms with Crippen molar-refractivity contribution in [3.8, 4) is 28.0 Å². The van der Waals surface area contributed by atoms with Gasteiger partial charge >= 0.3 is 0 Å². The molecule has 0 radical (unpaired) electrons. The minimum absolute atomic E-state index is 0.0396. The molecule has 34 heavy (non-hydrogen) atoms. The molecule has 1 fully saturated rings. The van der Waals surface area contributed by atoms with Gasteiger partial charge in [0.05, 0.1) is 12.7 Å². The van der Waals surface area contributed by atoms with Crippen molar-refractivity contribution in [2.24, 2.45) is 5.92 Å². The van der Waals surface area contributed by atoms with Gasteiger partial charge in [-0.3, -0.25) is 0 Å². The van der Waals surface area contributed by atoms with Gasteiger partial charge in [-0.2, -0.15) is 0 Å². The van der Waals surface area contributed by atoms with Gasteiger partial charge in [0.1, 0.15) is 19.1 Å². The minimum Gasteiger partial charge on any atom is -0.485 e. The van der Waals surface area contributed by atoms with Crippen LogP contribution in [-0.2, 0) is 4.74 Å². The van der Waals surface area contributed by atoms with E-state index in [4.69, 9.17) is 9.47 Å². The summed E-state index contributed by atoms with van der Waals surface area (Å²) in [4.78, 5) is 0. The molecule has 4 rings (SSSR count). The topological polar surface area (TPSA) is 18.5 Å². The maximum Gasteiger partial charge on any atom is 0.190 e. The second kappa shape index (κ2) is 11.0. The molecule has 0 saturated carbocycles. The molecule has 6 heteroatoms. The molecule has 0 aromatic heterocycles. The highest BCUT2D eigenvalue weighted by Crippen LogP contribution is 2.35. The molecule has 0 N–H and O–H groups in total. The van der Waals surface area contributed by atoms with E-state index in [0.29, 0.717) is 11.5 Å². The van der Waals surface area contributed by atoms with E-state index in [9.17, 15) is 17.6 Å². The lowest BCUT2D eigenvalue weighted by Crippen LogP contribution is -2.20. The van der Waals surface area contributed by atoms with E-state index in [0.717, 1.165) is 42.7 Å². The molecule has 0 bridgehead atoms. The minimum atomic E-state index is -1.01. The number of rotatable bonds is 8. The van der Waals surface area contributed by atoms with Gasteiger partial charge in [0.25, 0.3) is 0 Å². The maximum atomic E-state index is 14.9. The highest BCUT2D eigenvalue weighted by Gasteiger charge is 2.22. The second-order valence-corrected chi connectivity index (χ2v) is 8.68. The van der Waals surface area contributed by atoms with Gasteiger partial charge in [0.2, 0.25) is 0 Å². The largest absolute Gasteiger partial charge is 0.485 e. The molecule has 1 saturated heterocycles. The van der Waals surface area contributed by atoms with Crippen molar-refractivity contribution in [2.45, 2.75) is 38.7 Å². The first kappa shape index (κ1) is 24.3. The van der Waals surface area contributed by atoms with E-state index in [-0.39, 0.29) is 17.2 Å². The Labute approximate surface area is 197 Å². The van der Waals surface area contributed by atoms with Crippen LogP contribution in [0.1, 0.15) is 44.3 Å². The SMILES string of the molecule is CCCC1CCC(c2ccc(-c3ccc(-c4cc(F)c(OCCF)c(F)c4)c(F)c3)cc2)OC1. The molecule has 2 unspecified atom stereocenters. The van der Waals surface area contributed by atoms with Crippen molar-refractivity contribution in [1.29, 1.82) is 0 Å². The summed E-state index contributed by atoms with van der Waals surface area (Å²) in [6, 6.07) is 14.4. The summed E-state index contributed by atoms with van der Waals surface area (Å²) >= 11 is 0. The molecule has 0 spiro atoms. The van der Waals surface area contributed by atoms with Crippen molar-refractivity contribution < 1.29 is 27.0 Å². The Bertz CT molecular complexity index is 1080. The Balaban J connectivity index is 1.49. The molecule has 2 atom stereocenters. The normalized spacial score (nSPS) is 18.1. The van der Waals surface area contributed by atoms with Crippen molar-refractivity contribution >= 4 is 0 Å². The lowest BCUT2D eigenvalue weighted by Gasteiger charge is -2.29. The van der Waals surface area contributed by atoms with Crippen LogP contribution in [0.25, 0.3) is 22.3 Å². The number of hydrogen-bond acceptors (Lipinski definition) is 2. The average molecular weight is 473 g/mol. The number of ether oxygens (including phenoxy) is 2. The van der Waals surface area contributed by atoms with Crippen molar-refractivity contribution in [3.63, 3.8) is 0 Å². The number of halogens is 4. The molecule has 2 nitrogen and oxygen atoms in total. The molecular formula is C28H28F4O2. The fourth-order valence-electron chi connectivity index (χ4n) is 4.52. The van der Waals surface area contributed by atoms with Crippen LogP contribution in [0.5, 0.6) is 5.75 Å². The number of alkyl halides is 1. The Kier molecular flexibility index (Phi) is 7.88. The molecule has 1 aliphatic rings. The van der Waals surface area contributed by atoms with Gasteiger partial charge in [-0.25, -0.2) is 17.6 Å².